The number of carbonyl (C=O) groups is 1. The highest BCUT2D eigenvalue weighted by Gasteiger charge is 2.27. The number of aromatic nitrogens is 2. The van der Waals surface area contributed by atoms with Crippen LogP contribution < -0.4 is 4.74 Å². The zero-order valence-electron chi connectivity index (χ0n) is 14.2. The van der Waals surface area contributed by atoms with Crippen LogP contribution in [0, 0.1) is 19.7 Å². The van der Waals surface area contributed by atoms with Crippen LogP contribution in [0.25, 0.3) is 0 Å². The van der Waals surface area contributed by atoms with Crippen LogP contribution in [0.15, 0.2) is 30.3 Å². The van der Waals surface area contributed by atoms with Gasteiger partial charge in [0.05, 0.1) is 18.8 Å². The Morgan fingerprint density at radius 2 is 2.08 bits per heavy atom. The Morgan fingerprint density at radius 3 is 2.80 bits per heavy atom. The zero-order valence-corrected chi connectivity index (χ0v) is 14.2. The third-order valence-corrected chi connectivity index (χ3v) is 3.91. The number of benzene rings is 1. The van der Waals surface area contributed by atoms with Crippen LogP contribution in [-0.2, 0) is 9.53 Å². The topological polar surface area (TPSA) is 64.6 Å². The second kappa shape index (κ2) is 7.57. The minimum absolute atomic E-state index is 0.0970. The Bertz CT molecular complexity index is 731. The van der Waals surface area contributed by atoms with E-state index in [0.29, 0.717) is 31.3 Å². The van der Waals surface area contributed by atoms with Gasteiger partial charge in [-0.15, -0.1) is 0 Å². The molecule has 0 bridgehead atoms. The van der Waals surface area contributed by atoms with E-state index >= 15 is 0 Å². The Balaban J connectivity index is 1.60. The van der Waals surface area contributed by atoms with Crippen molar-refractivity contribution in [3.05, 3.63) is 53.4 Å². The van der Waals surface area contributed by atoms with Gasteiger partial charge in [0.1, 0.15) is 23.5 Å². The molecule has 1 aromatic heterocycles. The Labute approximate surface area is 145 Å². The van der Waals surface area contributed by atoms with Crippen LogP contribution in [0.4, 0.5) is 4.39 Å². The van der Waals surface area contributed by atoms with E-state index in [1.807, 2.05) is 19.9 Å². The molecule has 0 N–H and O–H groups in total. The fourth-order valence-electron chi connectivity index (χ4n) is 2.73. The van der Waals surface area contributed by atoms with Crippen molar-refractivity contribution < 1.29 is 18.7 Å². The summed E-state index contributed by atoms with van der Waals surface area (Å²) in [5.74, 6) is 0.661. The van der Waals surface area contributed by atoms with Crippen molar-refractivity contribution in [3.63, 3.8) is 0 Å². The van der Waals surface area contributed by atoms with Crippen molar-refractivity contribution in [2.75, 3.05) is 26.3 Å². The molecule has 132 valence electrons. The SMILES string of the molecule is Cc1cc(C2CN(C(=O)COc3ccc(F)cc3)CCO2)nc(C)n1. The van der Waals surface area contributed by atoms with E-state index < -0.39 is 0 Å². The molecule has 0 radical (unpaired) electrons. The molecular weight excluding hydrogens is 325 g/mol. The molecular formula is C18H20FN3O3. The number of halogens is 1. The summed E-state index contributed by atoms with van der Waals surface area (Å²) < 4.78 is 24.1. The van der Waals surface area contributed by atoms with Gasteiger partial charge in [0.15, 0.2) is 6.61 Å². The molecule has 2 aromatic rings. The molecule has 1 saturated heterocycles. The molecule has 1 atom stereocenters. The van der Waals surface area contributed by atoms with Crippen LogP contribution in [-0.4, -0.2) is 47.1 Å². The van der Waals surface area contributed by atoms with Gasteiger partial charge in [-0.25, -0.2) is 14.4 Å². The summed E-state index contributed by atoms with van der Waals surface area (Å²) in [5, 5.41) is 0. The van der Waals surface area contributed by atoms with E-state index in [1.165, 1.54) is 24.3 Å². The number of hydrogen-bond donors (Lipinski definition) is 0. The molecule has 2 heterocycles. The molecule has 0 spiro atoms. The molecule has 1 aliphatic rings. The van der Waals surface area contributed by atoms with Crippen molar-refractivity contribution >= 4 is 5.91 Å². The highest BCUT2D eigenvalue weighted by Crippen LogP contribution is 2.21. The first-order valence-electron chi connectivity index (χ1n) is 8.11. The molecule has 0 aliphatic carbocycles. The largest absolute Gasteiger partial charge is 0.484 e. The van der Waals surface area contributed by atoms with Crippen molar-refractivity contribution in [2.24, 2.45) is 0 Å². The Morgan fingerprint density at radius 1 is 1.32 bits per heavy atom. The molecule has 1 aromatic carbocycles. The quantitative estimate of drug-likeness (QED) is 0.850. The minimum atomic E-state index is -0.342. The lowest BCUT2D eigenvalue weighted by Crippen LogP contribution is -2.44. The number of carbonyl (C=O) groups excluding carboxylic acids is 1. The summed E-state index contributed by atoms with van der Waals surface area (Å²) >= 11 is 0. The molecule has 1 aliphatic heterocycles. The van der Waals surface area contributed by atoms with Gasteiger partial charge in [-0.2, -0.15) is 0 Å². The van der Waals surface area contributed by atoms with Gasteiger partial charge in [0.25, 0.3) is 5.91 Å². The smallest absolute Gasteiger partial charge is 0.260 e. The first-order valence-corrected chi connectivity index (χ1v) is 8.11. The highest BCUT2D eigenvalue weighted by atomic mass is 19.1. The summed E-state index contributed by atoms with van der Waals surface area (Å²) in [5.41, 5.74) is 1.65. The maximum absolute atomic E-state index is 12.9. The molecule has 1 unspecified atom stereocenters. The van der Waals surface area contributed by atoms with Crippen molar-refractivity contribution in [3.8, 4) is 5.75 Å². The van der Waals surface area contributed by atoms with Crippen LogP contribution in [0.2, 0.25) is 0 Å². The first kappa shape index (κ1) is 17.3. The van der Waals surface area contributed by atoms with Gasteiger partial charge in [0.2, 0.25) is 0 Å². The number of rotatable bonds is 4. The number of amides is 1. The molecule has 1 amide bonds. The standard InChI is InChI=1S/C18H20FN3O3/c1-12-9-16(21-13(2)20-12)17-10-22(7-8-24-17)18(23)11-25-15-5-3-14(19)4-6-15/h3-6,9,17H,7-8,10-11H2,1-2H3. The summed E-state index contributed by atoms with van der Waals surface area (Å²) in [6.07, 6.45) is -0.274. The Hall–Kier alpha value is -2.54. The molecule has 0 saturated carbocycles. The summed E-state index contributed by atoms with van der Waals surface area (Å²) in [4.78, 5) is 22.8. The zero-order chi connectivity index (χ0) is 17.8. The van der Waals surface area contributed by atoms with E-state index in [1.54, 1.807) is 4.90 Å². The number of nitrogens with zero attached hydrogens (tertiary/aromatic N) is 3. The first-order chi connectivity index (χ1) is 12.0. The fraction of sp³-hybridized carbons (Fsp3) is 0.389. The molecule has 1 fully saturated rings. The fourth-order valence-corrected chi connectivity index (χ4v) is 2.73. The van der Waals surface area contributed by atoms with E-state index in [-0.39, 0.29) is 24.4 Å². The second-order valence-corrected chi connectivity index (χ2v) is 5.92. The third-order valence-electron chi connectivity index (χ3n) is 3.91. The van der Waals surface area contributed by atoms with Gasteiger partial charge in [-0.3, -0.25) is 4.79 Å². The van der Waals surface area contributed by atoms with Crippen molar-refractivity contribution in [2.45, 2.75) is 20.0 Å². The van der Waals surface area contributed by atoms with Crippen molar-refractivity contribution in [1.82, 2.24) is 14.9 Å². The van der Waals surface area contributed by atoms with Crippen LogP contribution in [0.1, 0.15) is 23.3 Å². The predicted octanol–water partition coefficient (Wildman–Crippen LogP) is 2.21. The third kappa shape index (κ3) is 4.51. The Kier molecular flexibility index (Phi) is 5.23. The van der Waals surface area contributed by atoms with Gasteiger partial charge < -0.3 is 14.4 Å². The lowest BCUT2D eigenvalue weighted by molar-refractivity contribution is -0.141. The normalized spacial score (nSPS) is 17.4. The van der Waals surface area contributed by atoms with Crippen LogP contribution >= 0.6 is 0 Å². The van der Waals surface area contributed by atoms with E-state index in [9.17, 15) is 9.18 Å². The van der Waals surface area contributed by atoms with Gasteiger partial charge in [-0.1, -0.05) is 0 Å². The minimum Gasteiger partial charge on any atom is -0.484 e. The molecule has 25 heavy (non-hydrogen) atoms. The van der Waals surface area contributed by atoms with Gasteiger partial charge >= 0.3 is 0 Å². The maximum Gasteiger partial charge on any atom is 0.260 e. The van der Waals surface area contributed by atoms with Crippen LogP contribution in [0.3, 0.4) is 0 Å². The summed E-state index contributed by atoms with van der Waals surface area (Å²) in [6, 6.07) is 7.46. The number of aryl methyl sites for hydroxylation is 2. The summed E-state index contributed by atoms with van der Waals surface area (Å²) in [6.45, 7) is 5.00. The predicted molar refractivity (Wildman–Crippen MR) is 88.7 cm³/mol. The van der Waals surface area contributed by atoms with E-state index in [0.717, 1.165) is 11.4 Å². The van der Waals surface area contributed by atoms with Crippen LogP contribution in [0.5, 0.6) is 5.75 Å². The molecule has 6 nitrogen and oxygen atoms in total. The number of morpholine rings is 1. The monoisotopic (exact) mass is 345 g/mol. The lowest BCUT2D eigenvalue weighted by Gasteiger charge is -2.32. The molecule has 3 rings (SSSR count). The van der Waals surface area contributed by atoms with Gasteiger partial charge in [0, 0.05) is 12.2 Å². The van der Waals surface area contributed by atoms with Crippen molar-refractivity contribution in [1.29, 1.82) is 0 Å². The van der Waals surface area contributed by atoms with Gasteiger partial charge in [-0.05, 0) is 44.2 Å². The number of ether oxygens (including phenoxy) is 2. The second-order valence-electron chi connectivity index (χ2n) is 5.92. The average molecular weight is 345 g/mol. The maximum atomic E-state index is 12.9. The molecule has 7 heteroatoms. The summed E-state index contributed by atoms with van der Waals surface area (Å²) in [7, 11) is 0. The number of hydrogen-bond acceptors (Lipinski definition) is 5. The highest BCUT2D eigenvalue weighted by molar-refractivity contribution is 5.77. The lowest BCUT2D eigenvalue weighted by atomic mass is 10.1. The average Bonchev–Trinajstić information content (AvgIpc) is 2.60. The van der Waals surface area contributed by atoms with E-state index in [4.69, 9.17) is 9.47 Å². The van der Waals surface area contributed by atoms with E-state index in [2.05, 4.69) is 9.97 Å².